The molecule has 1 aliphatic rings. The Labute approximate surface area is 96.3 Å². The zero-order valence-electron chi connectivity index (χ0n) is 9.65. The van der Waals surface area contributed by atoms with E-state index < -0.39 is 5.91 Å². The van der Waals surface area contributed by atoms with Crippen molar-refractivity contribution in [2.24, 2.45) is 5.73 Å². The van der Waals surface area contributed by atoms with Gasteiger partial charge in [0.15, 0.2) is 0 Å². The number of hydrogen-bond acceptors (Lipinski definition) is 4. The van der Waals surface area contributed by atoms with Crippen molar-refractivity contribution in [1.29, 1.82) is 0 Å². The molecule has 5 heteroatoms. The van der Waals surface area contributed by atoms with E-state index in [0.29, 0.717) is 13.2 Å². The van der Waals surface area contributed by atoms with Crippen LogP contribution in [0.4, 0.5) is 0 Å². The van der Waals surface area contributed by atoms with Crippen LogP contribution in [0.1, 0.15) is 32.1 Å². The summed E-state index contributed by atoms with van der Waals surface area (Å²) in [6, 6.07) is 0.166. The van der Waals surface area contributed by atoms with E-state index in [1.54, 1.807) is 0 Å². The van der Waals surface area contributed by atoms with Crippen molar-refractivity contribution in [2.75, 3.05) is 19.8 Å². The van der Waals surface area contributed by atoms with Gasteiger partial charge in [0, 0.05) is 12.6 Å². The lowest BCUT2D eigenvalue weighted by molar-refractivity contribution is -0.122. The summed E-state index contributed by atoms with van der Waals surface area (Å²) in [6.45, 7) is 1.07. The number of hydrogen-bond donors (Lipinski definition) is 3. The minimum atomic E-state index is -0.450. The van der Waals surface area contributed by atoms with E-state index >= 15 is 0 Å². The maximum atomic E-state index is 10.4. The van der Waals surface area contributed by atoms with E-state index in [9.17, 15) is 9.90 Å². The molecule has 0 bridgehead atoms. The molecule has 4 N–H and O–H groups in total. The van der Waals surface area contributed by atoms with Gasteiger partial charge in [0.05, 0.1) is 12.7 Å². The molecule has 0 radical (unpaired) electrons. The number of rotatable bonds is 6. The molecule has 5 nitrogen and oxygen atoms in total. The first-order valence-electron chi connectivity index (χ1n) is 5.97. The molecule has 16 heavy (non-hydrogen) atoms. The van der Waals surface area contributed by atoms with Crippen molar-refractivity contribution in [3.05, 3.63) is 0 Å². The van der Waals surface area contributed by atoms with Crippen molar-refractivity contribution in [3.8, 4) is 0 Å². The molecule has 0 heterocycles. The zero-order chi connectivity index (χ0) is 11.8. The molecular weight excluding hydrogens is 208 g/mol. The van der Waals surface area contributed by atoms with Gasteiger partial charge >= 0.3 is 0 Å². The van der Waals surface area contributed by atoms with Gasteiger partial charge in [0.2, 0.25) is 5.91 Å². The number of primary amides is 1. The second kappa shape index (κ2) is 7.60. The summed E-state index contributed by atoms with van der Waals surface area (Å²) in [4.78, 5) is 10.4. The maximum Gasteiger partial charge on any atom is 0.243 e. The van der Waals surface area contributed by atoms with Crippen molar-refractivity contribution in [3.63, 3.8) is 0 Å². The molecule has 1 amide bonds. The van der Waals surface area contributed by atoms with Crippen LogP contribution in [0.15, 0.2) is 0 Å². The lowest BCUT2D eigenvalue weighted by Crippen LogP contribution is -2.40. The smallest absolute Gasteiger partial charge is 0.243 e. The predicted molar refractivity (Wildman–Crippen MR) is 60.9 cm³/mol. The van der Waals surface area contributed by atoms with E-state index in [1.165, 1.54) is 6.42 Å². The van der Waals surface area contributed by atoms with Crippen molar-refractivity contribution in [1.82, 2.24) is 5.32 Å². The number of aliphatic hydroxyl groups excluding tert-OH is 1. The molecule has 1 fully saturated rings. The highest BCUT2D eigenvalue weighted by molar-refractivity contribution is 5.74. The Balaban J connectivity index is 2.08. The summed E-state index contributed by atoms with van der Waals surface area (Å²) in [5, 5.41) is 13.1. The fraction of sp³-hybridized carbons (Fsp3) is 0.909. The molecule has 1 aliphatic carbocycles. The van der Waals surface area contributed by atoms with Crippen molar-refractivity contribution in [2.45, 2.75) is 44.2 Å². The third-order valence-electron chi connectivity index (χ3n) is 2.88. The summed E-state index contributed by atoms with van der Waals surface area (Å²) in [7, 11) is 0. The van der Waals surface area contributed by atoms with E-state index in [4.69, 9.17) is 10.5 Å². The summed E-state index contributed by atoms with van der Waals surface area (Å²) in [6.07, 6.45) is 5.11. The van der Waals surface area contributed by atoms with Crippen LogP contribution >= 0.6 is 0 Å². The van der Waals surface area contributed by atoms with Gasteiger partial charge in [-0.3, -0.25) is 4.79 Å². The van der Waals surface area contributed by atoms with Crippen molar-refractivity contribution < 1.29 is 14.6 Å². The first-order valence-corrected chi connectivity index (χ1v) is 5.97. The highest BCUT2D eigenvalue weighted by Gasteiger charge is 2.20. The van der Waals surface area contributed by atoms with Crippen LogP contribution in [0.2, 0.25) is 0 Å². The number of amides is 1. The molecule has 0 saturated heterocycles. The second-order valence-electron chi connectivity index (χ2n) is 4.28. The van der Waals surface area contributed by atoms with Crippen LogP contribution in [0.3, 0.4) is 0 Å². The minimum Gasteiger partial charge on any atom is -0.392 e. The summed E-state index contributed by atoms with van der Waals surface area (Å²) in [5.74, 6) is -0.450. The van der Waals surface area contributed by atoms with Gasteiger partial charge in [0.25, 0.3) is 0 Å². The number of nitrogens with one attached hydrogen (secondary N) is 1. The Kier molecular flexibility index (Phi) is 6.37. The van der Waals surface area contributed by atoms with Gasteiger partial charge in [-0.2, -0.15) is 0 Å². The van der Waals surface area contributed by atoms with Gasteiger partial charge in [0.1, 0.15) is 6.61 Å². The largest absolute Gasteiger partial charge is 0.392 e. The van der Waals surface area contributed by atoms with Crippen LogP contribution in [0.5, 0.6) is 0 Å². The van der Waals surface area contributed by atoms with E-state index in [2.05, 4.69) is 5.32 Å². The highest BCUT2D eigenvalue weighted by Crippen LogP contribution is 2.17. The molecule has 2 unspecified atom stereocenters. The van der Waals surface area contributed by atoms with Crippen LogP contribution < -0.4 is 11.1 Å². The van der Waals surface area contributed by atoms with Crippen LogP contribution in [0.25, 0.3) is 0 Å². The normalized spacial score (nSPS) is 26.3. The van der Waals surface area contributed by atoms with Crippen LogP contribution in [0, 0.1) is 0 Å². The lowest BCUT2D eigenvalue weighted by atomic mass is 10.1. The average molecular weight is 230 g/mol. The monoisotopic (exact) mass is 230 g/mol. The quantitative estimate of drug-likeness (QED) is 0.435. The summed E-state index contributed by atoms with van der Waals surface area (Å²) in [5.41, 5.74) is 4.94. The Morgan fingerprint density at radius 3 is 2.88 bits per heavy atom. The maximum absolute atomic E-state index is 10.4. The zero-order valence-corrected chi connectivity index (χ0v) is 9.65. The third kappa shape index (κ3) is 5.44. The molecule has 0 aromatic heterocycles. The van der Waals surface area contributed by atoms with E-state index in [-0.39, 0.29) is 18.8 Å². The second-order valence-corrected chi connectivity index (χ2v) is 4.28. The predicted octanol–water partition coefficient (Wildman–Crippen LogP) is -0.228. The lowest BCUT2D eigenvalue weighted by Gasteiger charge is -2.21. The van der Waals surface area contributed by atoms with E-state index in [1.807, 2.05) is 0 Å². The minimum absolute atomic E-state index is 0.0328. The number of carbonyl (C=O) groups is 1. The number of carbonyl (C=O) groups excluding carboxylic acids is 1. The highest BCUT2D eigenvalue weighted by atomic mass is 16.5. The molecule has 0 aliphatic heterocycles. The van der Waals surface area contributed by atoms with Gasteiger partial charge in [-0.25, -0.2) is 0 Å². The van der Waals surface area contributed by atoms with Crippen molar-refractivity contribution >= 4 is 5.91 Å². The fourth-order valence-electron chi connectivity index (χ4n) is 2.02. The Bertz CT molecular complexity index is 211. The number of ether oxygens (including phenoxy) is 1. The third-order valence-corrected chi connectivity index (χ3v) is 2.88. The molecule has 0 aromatic carbocycles. The number of nitrogens with two attached hydrogens (primary N) is 1. The first kappa shape index (κ1) is 13.4. The van der Waals surface area contributed by atoms with Crippen LogP contribution in [-0.4, -0.2) is 42.9 Å². The SMILES string of the molecule is NC(=O)COCCNC1CCCCCC1O. The van der Waals surface area contributed by atoms with Gasteiger partial charge < -0.3 is 20.9 Å². The first-order chi connectivity index (χ1) is 7.70. The Morgan fingerprint density at radius 2 is 2.12 bits per heavy atom. The topological polar surface area (TPSA) is 84.6 Å². The Hall–Kier alpha value is -0.650. The molecule has 0 aromatic rings. The molecule has 1 saturated carbocycles. The summed E-state index contributed by atoms with van der Waals surface area (Å²) >= 11 is 0. The molecule has 1 rings (SSSR count). The molecule has 2 atom stereocenters. The fourth-order valence-corrected chi connectivity index (χ4v) is 2.02. The molecule has 94 valence electrons. The number of aliphatic hydroxyl groups is 1. The summed E-state index contributed by atoms with van der Waals surface area (Å²) < 4.78 is 5.03. The van der Waals surface area contributed by atoms with Gasteiger partial charge in [-0.1, -0.05) is 19.3 Å². The average Bonchev–Trinajstić information content (AvgIpc) is 2.43. The van der Waals surface area contributed by atoms with E-state index in [0.717, 1.165) is 25.7 Å². The molecule has 0 spiro atoms. The van der Waals surface area contributed by atoms with Gasteiger partial charge in [-0.15, -0.1) is 0 Å². The van der Waals surface area contributed by atoms with Crippen LogP contribution in [-0.2, 0) is 9.53 Å². The van der Waals surface area contributed by atoms with Gasteiger partial charge in [-0.05, 0) is 12.8 Å². The Morgan fingerprint density at radius 1 is 1.38 bits per heavy atom. The molecular formula is C11H22N2O3. The standard InChI is InChI=1S/C11H22N2O3/c12-11(15)8-16-7-6-13-9-4-2-1-3-5-10(9)14/h9-10,13-14H,1-8H2,(H2,12,15).